The summed E-state index contributed by atoms with van der Waals surface area (Å²) < 4.78 is 0. The molecule has 0 aromatic carbocycles. The first-order chi connectivity index (χ1) is 8.25. The first-order valence-corrected chi connectivity index (χ1v) is 6.27. The monoisotopic (exact) mass is 234 g/mol. The number of nitrogens with one attached hydrogen (secondary N) is 2. The van der Waals surface area contributed by atoms with Crippen LogP contribution in [0.5, 0.6) is 0 Å². The zero-order chi connectivity index (χ0) is 11.8. The van der Waals surface area contributed by atoms with Gasteiger partial charge in [-0.3, -0.25) is 9.89 Å². The van der Waals surface area contributed by atoms with Crippen molar-refractivity contribution in [3.63, 3.8) is 0 Å². The van der Waals surface area contributed by atoms with E-state index in [1.165, 1.54) is 12.8 Å². The molecule has 92 valence electrons. The average molecular weight is 234 g/mol. The third-order valence-electron chi connectivity index (χ3n) is 4.29. The molecule has 5 heteroatoms. The third kappa shape index (κ3) is 1.84. The molecule has 17 heavy (non-hydrogen) atoms. The van der Waals surface area contributed by atoms with Crippen LogP contribution in [-0.2, 0) is 11.3 Å². The zero-order valence-electron chi connectivity index (χ0n) is 9.73. The van der Waals surface area contributed by atoms with E-state index < -0.39 is 0 Å². The van der Waals surface area contributed by atoms with Gasteiger partial charge in [0, 0.05) is 12.2 Å². The molecule has 1 heterocycles. The van der Waals surface area contributed by atoms with E-state index in [1.54, 1.807) is 6.20 Å². The number of aromatic nitrogens is 2. The Morgan fingerprint density at radius 2 is 2.35 bits per heavy atom. The van der Waals surface area contributed by atoms with Crippen molar-refractivity contribution < 1.29 is 4.79 Å². The number of carbonyl (C=O) groups excluding carboxylic acids is 1. The van der Waals surface area contributed by atoms with Crippen molar-refractivity contribution in [2.24, 2.45) is 23.5 Å². The molecular weight excluding hydrogens is 216 g/mol. The number of nitrogens with two attached hydrogens (primary N) is 1. The van der Waals surface area contributed by atoms with Crippen molar-refractivity contribution in [3.05, 3.63) is 18.0 Å². The zero-order valence-corrected chi connectivity index (χ0v) is 9.73. The van der Waals surface area contributed by atoms with Gasteiger partial charge < -0.3 is 11.1 Å². The van der Waals surface area contributed by atoms with Crippen LogP contribution in [0.15, 0.2) is 12.3 Å². The Kier molecular flexibility index (Phi) is 2.63. The number of hydrogen-bond donors (Lipinski definition) is 3. The molecule has 0 saturated heterocycles. The molecule has 5 nitrogen and oxygen atoms in total. The Balaban J connectivity index is 1.59. The highest BCUT2D eigenvalue weighted by Crippen LogP contribution is 2.47. The standard InChI is InChI=1S/C12H18N4O/c13-11-8-2-1-7(5-8)10(11)12(17)14-6-9-3-4-15-16-9/h3-4,7-8,10-11H,1-2,5-6,13H2,(H,14,17)(H,15,16). The summed E-state index contributed by atoms with van der Waals surface area (Å²) in [5.74, 6) is 1.22. The third-order valence-corrected chi connectivity index (χ3v) is 4.29. The summed E-state index contributed by atoms with van der Waals surface area (Å²) in [5.41, 5.74) is 7.06. The molecule has 1 aromatic rings. The Bertz CT molecular complexity index is 401. The van der Waals surface area contributed by atoms with E-state index in [0.717, 1.165) is 12.1 Å². The van der Waals surface area contributed by atoms with Crippen molar-refractivity contribution in [2.45, 2.75) is 31.8 Å². The topological polar surface area (TPSA) is 83.8 Å². The summed E-state index contributed by atoms with van der Waals surface area (Å²) in [6.45, 7) is 0.513. The lowest BCUT2D eigenvalue weighted by atomic mass is 9.84. The Labute approximate surface area is 100 Å². The quantitative estimate of drug-likeness (QED) is 0.707. The predicted molar refractivity (Wildman–Crippen MR) is 62.7 cm³/mol. The molecule has 2 aliphatic rings. The lowest BCUT2D eigenvalue weighted by Crippen LogP contribution is -2.45. The van der Waals surface area contributed by atoms with E-state index in [-0.39, 0.29) is 17.9 Å². The van der Waals surface area contributed by atoms with Crippen molar-refractivity contribution in [1.29, 1.82) is 0 Å². The van der Waals surface area contributed by atoms with Gasteiger partial charge in [0.25, 0.3) is 0 Å². The SMILES string of the molecule is NC1C2CCC(C2)C1C(=O)NCc1ccn[nH]1. The largest absolute Gasteiger partial charge is 0.350 e. The van der Waals surface area contributed by atoms with Gasteiger partial charge in [0.05, 0.1) is 18.2 Å². The van der Waals surface area contributed by atoms with Crippen LogP contribution in [-0.4, -0.2) is 22.1 Å². The molecule has 2 saturated carbocycles. The number of aromatic amines is 1. The van der Waals surface area contributed by atoms with Gasteiger partial charge in [0.2, 0.25) is 5.91 Å². The van der Waals surface area contributed by atoms with Gasteiger partial charge >= 0.3 is 0 Å². The van der Waals surface area contributed by atoms with Crippen LogP contribution in [0.25, 0.3) is 0 Å². The molecule has 2 bridgehead atoms. The van der Waals surface area contributed by atoms with Gasteiger partial charge in [-0.05, 0) is 37.2 Å². The highest BCUT2D eigenvalue weighted by Gasteiger charge is 2.48. The Morgan fingerprint density at radius 1 is 1.53 bits per heavy atom. The summed E-state index contributed by atoms with van der Waals surface area (Å²) in [6, 6.07) is 1.93. The second kappa shape index (κ2) is 4.14. The van der Waals surface area contributed by atoms with Gasteiger partial charge in [-0.15, -0.1) is 0 Å². The van der Waals surface area contributed by atoms with Crippen molar-refractivity contribution in [3.8, 4) is 0 Å². The van der Waals surface area contributed by atoms with Crippen molar-refractivity contribution >= 4 is 5.91 Å². The molecule has 1 aromatic heterocycles. The van der Waals surface area contributed by atoms with Crippen LogP contribution in [0.4, 0.5) is 0 Å². The second-order valence-electron chi connectivity index (χ2n) is 5.24. The van der Waals surface area contributed by atoms with Crippen molar-refractivity contribution in [1.82, 2.24) is 15.5 Å². The van der Waals surface area contributed by atoms with Crippen molar-refractivity contribution in [2.75, 3.05) is 0 Å². The summed E-state index contributed by atoms with van der Waals surface area (Å²) in [4.78, 5) is 12.1. The van der Waals surface area contributed by atoms with Gasteiger partial charge in [-0.1, -0.05) is 0 Å². The van der Waals surface area contributed by atoms with E-state index in [9.17, 15) is 4.79 Å². The van der Waals surface area contributed by atoms with E-state index in [2.05, 4.69) is 15.5 Å². The summed E-state index contributed by atoms with van der Waals surface area (Å²) in [5, 5.41) is 9.63. The number of nitrogens with zero attached hydrogens (tertiary/aromatic N) is 1. The molecule has 4 unspecified atom stereocenters. The molecule has 1 amide bonds. The van der Waals surface area contributed by atoms with Gasteiger partial charge in [0.15, 0.2) is 0 Å². The number of rotatable bonds is 3. The maximum atomic E-state index is 12.1. The van der Waals surface area contributed by atoms with Gasteiger partial charge in [-0.2, -0.15) is 5.10 Å². The van der Waals surface area contributed by atoms with E-state index in [0.29, 0.717) is 18.4 Å². The molecule has 0 spiro atoms. The van der Waals surface area contributed by atoms with Crippen LogP contribution in [0.2, 0.25) is 0 Å². The van der Waals surface area contributed by atoms with Crippen LogP contribution >= 0.6 is 0 Å². The lowest BCUT2D eigenvalue weighted by molar-refractivity contribution is -0.127. The molecule has 0 aliphatic heterocycles. The summed E-state index contributed by atoms with van der Waals surface area (Å²) >= 11 is 0. The first kappa shape index (κ1) is 10.8. The minimum atomic E-state index is 0.0247. The maximum absolute atomic E-state index is 12.1. The number of H-pyrrole nitrogens is 1. The predicted octanol–water partition coefficient (Wildman–Crippen LogP) is 0.399. The molecule has 2 aliphatic carbocycles. The second-order valence-corrected chi connectivity index (χ2v) is 5.24. The van der Waals surface area contributed by atoms with Gasteiger partial charge in [0.1, 0.15) is 0 Å². The number of hydrogen-bond acceptors (Lipinski definition) is 3. The molecule has 4 atom stereocenters. The number of carbonyl (C=O) groups is 1. The van der Waals surface area contributed by atoms with E-state index >= 15 is 0 Å². The maximum Gasteiger partial charge on any atom is 0.225 e. The highest BCUT2D eigenvalue weighted by atomic mass is 16.1. The Morgan fingerprint density at radius 3 is 3.00 bits per heavy atom. The van der Waals surface area contributed by atoms with Crippen LogP contribution in [0, 0.1) is 17.8 Å². The smallest absolute Gasteiger partial charge is 0.225 e. The van der Waals surface area contributed by atoms with E-state index in [1.807, 2.05) is 6.07 Å². The minimum Gasteiger partial charge on any atom is -0.350 e. The highest BCUT2D eigenvalue weighted by molar-refractivity contribution is 5.80. The molecule has 3 rings (SSSR count). The number of fused-ring (bicyclic) bond motifs is 2. The summed E-state index contributed by atoms with van der Waals surface area (Å²) in [6.07, 6.45) is 5.20. The van der Waals surface area contributed by atoms with Crippen LogP contribution in [0.1, 0.15) is 25.0 Å². The Hall–Kier alpha value is -1.36. The van der Waals surface area contributed by atoms with Gasteiger partial charge in [-0.25, -0.2) is 0 Å². The molecule has 4 N–H and O–H groups in total. The normalized spacial score (nSPS) is 35.1. The molecular formula is C12H18N4O. The fourth-order valence-corrected chi connectivity index (χ4v) is 3.41. The molecule has 0 radical (unpaired) electrons. The minimum absolute atomic E-state index is 0.0247. The first-order valence-electron chi connectivity index (χ1n) is 6.27. The molecule has 2 fully saturated rings. The summed E-state index contributed by atoms with van der Waals surface area (Å²) in [7, 11) is 0. The number of amides is 1. The fraction of sp³-hybridized carbons (Fsp3) is 0.667. The van der Waals surface area contributed by atoms with E-state index in [4.69, 9.17) is 5.73 Å². The van der Waals surface area contributed by atoms with Crippen LogP contribution in [0.3, 0.4) is 0 Å². The lowest BCUT2D eigenvalue weighted by Gasteiger charge is -2.26. The van der Waals surface area contributed by atoms with Crippen LogP contribution < -0.4 is 11.1 Å². The fourth-order valence-electron chi connectivity index (χ4n) is 3.41. The average Bonchev–Trinajstić information content (AvgIpc) is 3.02.